The average Bonchev–Trinajstić information content (AvgIpc) is 2.84. The fourth-order valence-electron chi connectivity index (χ4n) is 2.03. The van der Waals surface area contributed by atoms with E-state index in [1.807, 2.05) is 0 Å². The van der Waals surface area contributed by atoms with Crippen LogP contribution < -0.4 is 10.6 Å². The van der Waals surface area contributed by atoms with Gasteiger partial charge in [0.05, 0.1) is 11.0 Å². The number of carbonyl (C=O) groups excluding carboxylic acids is 1. The maximum absolute atomic E-state index is 11.9. The Bertz CT molecular complexity index is 481. The minimum absolute atomic E-state index is 0.0682. The van der Waals surface area contributed by atoms with Gasteiger partial charge in [-0.3, -0.25) is 14.9 Å². The van der Waals surface area contributed by atoms with Gasteiger partial charge >= 0.3 is 0 Å². The summed E-state index contributed by atoms with van der Waals surface area (Å²) in [6, 6.07) is 4.52. The van der Waals surface area contributed by atoms with E-state index >= 15 is 0 Å². The molecule has 96 valence electrons. The summed E-state index contributed by atoms with van der Waals surface area (Å²) in [6.45, 7) is 2.59. The van der Waals surface area contributed by atoms with Crippen LogP contribution in [0.5, 0.6) is 0 Å². The molecule has 6 nitrogen and oxygen atoms in total. The van der Waals surface area contributed by atoms with E-state index in [0.29, 0.717) is 0 Å². The van der Waals surface area contributed by atoms with E-state index in [2.05, 4.69) is 10.6 Å². The molecule has 0 spiro atoms. The number of nitro benzene ring substituents is 1. The second kappa shape index (κ2) is 5.14. The van der Waals surface area contributed by atoms with Gasteiger partial charge in [-0.1, -0.05) is 6.07 Å². The van der Waals surface area contributed by atoms with Crippen molar-refractivity contribution in [2.45, 2.75) is 25.8 Å². The zero-order valence-electron chi connectivity index (χ0n) is 10.1. The third-order valence-electron chi connectivity index (χ3n) is 2.98. The van der Waals surface area contributed by atoms with Gasteiger partial charge in [-0.15, -0.1) is 0 Å². The minimum Gasteiger partial charge on any atom is -0.319 e. The molecule has 1 aliphatic rings. The van der Waals surface area contributed by atoms with Crippen LogP contribution in [0.4, 0.5) is 11.4 Å². The molecule has 1 atom stereocenters. The highest BCUT2D eigenvalue weighted by Gasteiger charge is 2.24. The van der Waals surface area contributed by atoms with E-state index in [4.69, 9.17) is 0 Å². The highest BCUT2D eigenvalue weighted by Crippen LogP contribution is 2.25. The van der Waals surface area contributed by atoms with Crippen molar-refractivity contribution in [3.8, 4) is 0 Å². The summed E-state index contributed by atoms with van der Waals surface area (Å²) < 4.78 is 0. The van der Waals surface area contributed by atoms with Crippen molar-refractivity contribution in [3.63, 3.8) is 0 Å². The van der Waals surface area contributed by atoms with E-state index in [0.717, 1.165) is 24.9 Å². The quantitative estimate of drug-likeness (QED) is 0.629. The molecule has 1 aliphatic heterocycles. The summed E-state index contributed by atoms with van der Waals surface area (Å²) in [5, 5.41) is 16.6. The molecule has 0 aliphatic carbocycles. The number of rotatable bonds is 3. The van der Waals surface area contributed by atoms with Crippen LogP contribution in [0.1, 0.15) is 18.4 Å². The second-order valence-electron chi connectivity index (χ2n) is 4.42. The number of benzene rings is 1. The Morgan fingerprint density at radius 2 is 2.33 bits per heavy atom. The summed E-state index contributed by atoms with van der Waals surface area (Å²) >= 11 is 0. The monoisotopic (exact) mass is 249 g/mol. The molecule has 6 heteroatoms. The number of amides is 1. The molecule has 0 bridgehead atoms. The Morgan fingerprint density at radius 1 is 1.56 bits per heavy atom. The molecule has 0 radical (unpaired) electrons. The molecule has 0 unspecified atom stereocenters. The number of carbonyl (C=O) groups is 1. The van der Waals surface area contributed by atoms with Crippen molar-refractivity contribution in [2.75, 3.05) is 11.9 Å². The Hall–Kier alpha value is -1.95. The topological polar surface area (TPSA) is 84.3 Å². The Kier molecular flexibility index (Phi) is 3.57. The zero-order chi connectivity index (χ0) is 13.1. The van der Waals surface area contributed by atoms with Crippen molar-refractivity contribution in [2.24, 2.45) is 0 Å². The lowest BCUT2D eigenvalue weighted by Crippen LogP contribution is -2.35. The van der Waals surface area contributed by atoms with Crippen LogP contribution in [0.25, 0.3) is 0 Å². The maximum Gasteiger partial charge on any atom is 0.293 e. The lowest BCUT2D eigenvalue weighted by Gasteiger charge is -2.11. The maximum atomic E-state index is 11.9. The van der Waals surface area contributed by atoms with Gasteiger partial charge in [0.25, 0.3) is 5.69 Å². The third kappa shape index (κ3) is 2.65. The minimum atomic E-state index is -0.481. The molecular weight excluding hydrogens is 234 g/mol. The van der Waals surface area contributed by atoms with Crippen LogP contribution in [0.15, 0.2) is 18.2 Å². The van der Waals surface area contributed by atoms with Gasteiger partial charge in [0, 0.05) is 6.07 Å². The van der Waals surface area contributed by atoms with Gasteiger partial charge in [-0.2, -0.15) is 0 Å². The zero-order valence-corrected chi connectivity index (χ0v) is 10.1. The van der Waals surface area contributed by atoms with Gasteiger partial charge in [0.15, 0.2) is 0 Å². The fourth-order valence-corrected chi connectivity index (χ4v) is 2.03. The second-order valence-corrected chi connectivity index (χ2v) is 4.42. The SMILES string of the molecule is Cc1ccc(NC(=O)[C@H]2CCCN2)c([N+](=O)[O-])c1. The first kappa shape index (κ1) is 12.5. The number of aryl methyl sites for hydroxylation is 1. The van der Waals surface area contributed by atoms with Crippen molar-refractivity contribution >= 4 is 17.3 Å². The van der Waals surface area contributed by atoms with E-state index in [1.54, 1.807) is 19.1 Å². The molecule has 1 aromatic carbocycles. The van der Waals surface area contributed by atoms with Crippen LogP contribution in [0.3, 0.4) is 0 Å². The van der Waals surface area contributed by atoms with Crippen molar-refractivity contribution < 1.29 is 9.72 Å². The van der Waals surface area contributed by atoms with Crippen LogP contribution in [0.2, 0.25) is 0 Å². The highest BCUT2D eigenvalue weighted by molar-refractivity contribution is 5.96. The predicted octanol–water partition coefficient (Wildman–Crippen LogP) is 1.59. The smallest absolute Gasteiger partial charge is 0.293 e. The number of nitrogens with one attached hydrogen (secondary N) is 2. The molecule has 2 rings (SSSR count). The van der Waals surface area contributed by atoms with Crippen LogP contribution >= 0.6 is 0 Å². The molecule has 1 amide bonds. The first-order valence-electron chi connectivity index (χ1n) is 5.87. The van der Waals surface area contributed by atoms with Gasteiger partial charge in [0.2, 0.25) is 5.91 Å². The van der Waals surface area contributed by atoms with Crippen LogP contribution in [-0.2, 0) is 4.79 Å². The molecule has 1 saturated heterocycles. The van der Waals surface area contributed by atoms with Crippen LogP contribution in [0, 0.1) is 17.0 Å². The molecule has 1 heterocycles. The molecule has 18 heavy (non-hydrogen) atoms. The summed E-state index contributed by atoms with van der Waals surface area (Å²) in [7, 11) is 0. The third-order valence-corrected chi connectivity index (χ3v) is 2.98. The molecule has 0 saturated carbocycles. The summed E-state index contributed by atoms with van der Waals surface area (Å²) in [4.78, 5) is 22.3. The van der Waals surface area contributed by atoms with Crippen molar-refractivity contribution in [1.82, 2.24) is 5.32 Å². The molecule has 1 aromatic rings. The van der Waals surface area contributed by atoms with Gasteiger partial charge in [-0.25, -0.2) is 0 Å². The summed E-state index contributed by atoms with van der Waals surface area (Å²) in [5.41, 5.74) is 0.976. The fraction of sp³-hybridized carbons (Fsp3) is 0.417. The average molecular weight is 249 g/mol. The lowest BCUT2D eigenvalue weighted by molar-refractivity contribution is -0.384. The molecule has 2 N–H and O–H groups in total. The number of hydrogen-bond donors (Lipinski definition) is 2. The Balaban J connectivity index is 2.17. The first-order valence-corrected chi connectivity index (χ1v) is 5.87. The number of anilines is 1. The van der Waals surface area contributed by atoms with Gasteiger partial charge < -0.3 is 10.6 Å². The highest BCUT2D eigenvalue weighted by atomic mass is 16.6. The number of hydrogen-bond acceptors (Lipinski definition) is 4. The summed E-state index contributed by atoms with van der Waals surface area (Å²) in [6.07, 6.45) is 1.72. The molecule has 1 fully saturated rings. The first-order chi connectivity index (χ1) is 8.58. The van der Waals surface area contributed by atoms with E-state index in [-0.39, 0.29) is 23.3 Å². The predicted molar refractivity (Wildman–Crippen MR) is 67.5 cm³/mol. The van der Waals surface area contributed by atoms with Gasteiger partial charge in [0.1, 0.15) is 5.69 Å². The Morgan fingerprint density at radius 3 is 2.94 bits per heavy atom. The van der Waals surface area contributed by atoms with Gasteiger partial charge in [-0.05, 0) is 37.9 Å². The normalized spacial score (nSPS) is 18.6. The lowest BCUT2D eigenvalue weighted by atomic mass is 10.1. The standard InChI is InChI=1S/C12H15N3O3/c1-8-4-5-9(11(7-8)15(17)18)14-12(16)10-3-2-6-13-10/h4-5,7,10,13H,2-3,6H2,1H3,(H,14,16)/t10-/m1/s1. The molecule has 0 aromatic heterocycles. The number of nitro groups is 1. The van der Waals surface area contributed by atoms with E-state index in [1.165, 1.54) is 6.07 Å². The number of nitrogens with zero attached hydrogens (tertiary/aromatic N) is 1. The van der Waals surface area contributed by atoms with Crippen LogP contribution in [-0.4, -0.2) is 23.4 Å². The summed E-state index contributed by atoms with van der Waals surface area (Å²) in [5.74, 6) is -0.209. The van der Waals surface area contributed by atoms with E-state index in [9.17, 15) is 14.9 Å². The molecular formula is C12H15N3O3. The largest absolute Gasteiger partial charge is 0.319 e. The van der Waals surface area contributed by atoms with Crippen molar-refractivity contribution in [3.05, 3.63) is 33.9 Å². The van der Waals surface area contributed by atoms with E-state index < -0.39 is 4.92 Å². The van der Waals surface area contributed by atoms with Crippen molar-refractivity contribution in [1.29, 1.82) is 0 Å². The Labute approximate surface area is 105 Å².